The van der Waals surface area contributed by atoms with Crippen LogP contribution in [-0.2, 0) is 6.54 Å². The van der Waals surface area contributed by atoms with Crippen molar-refractivity contribution in [3.05, 3.63) is 71.8 Å². The van der Waals surface area contributed by atoms with Gasteiger partial charge in [0.15, 0.2) is 0 Å². The lowest BCUT2D eigenvalue weighted by Crippen LogP contribution is -2.78. The Labute approximate surface area is 166 Å². The van der Waals surface area contributed by atoms with Gasteiger partial charge in [-0.25, -0.2) is 0 Å². The van der Waals surface area contributed by atoms with Crippen LogP contribution < -0.4 is 0 Å². The summed E-state index contributed by atoms with van der Waals surface area (Å²) < 4.78 is 0. The third-order valence-electron chi connectivity index (χ3n) is 6.51. The van der Waals surface area contributed by atoms with Crippen molar-refractivity contribution in [1.29, 1.82) is 0 Å². The molecule has 3 saturated heterocycles. The molecule has 0 radical (unpaired) electrons. The molecule has 3 aliphatic heterocycles. The van der Waals surface area contributed by atoms with Gasteiger partial charge in [0.2, 0.25) is 0 Å². The normalized spacial score (nSPS) is 26.8. The van der Waals surface area contributed by atoms with Crippen LogP contribution in [0.5, 0.6) is 0 Å². The summed E-state index contributed by atoms with van der Waals surface area (Å²) in [6.45, 7) is 5.03. The predicted molar refractivity (Wildman–Crippen MR) is 108 cm³/mol. The zero-order valence-corrected chi connectivity index (χ0v) is 16.1. The number of carbonyl (C=O) groups excluding carboxylic acids is 1. The summed E-state index contributed by atoms with van der Waals surface area (Å²) in [5.74, 6) is 0.113. The Kier molecular flexibility index (Phi) is 4.46. The SMILES string of the molecule is O=C(c1ccccc1)N1CC2CC(O)CN2C2(CN(Cc3ccccc3)C2)C1. The van der Waals surface area contributed by atoms with Gasteiger partial charge >= 0.3 is 0 Å². The second-order valence-electron chi connectivity index (χ2n) is 8.60. The number of rotatable bonds is 3. The highest BCUT2D eigenvalue weighted by molar-refractivity contribution is 5.94. The topological polar surface area (TPSA) is 47.0 Å². The molecule has 28 heavy (non-hydrogen) atoms. The minimum absolute atomic E-state index is 0.0282. The third-order valence-corrected chi connectivity index (χ3v) is 6.51. The summed E-state index contributed by atoms with van der Waals surface area (Å²) in [5, 5.41) is 10.3. The maximum atomic E-state index is 13.1. The molecule has 3 fully saturated rings. The van der Waals surface area contributed by atoms with Gasteiger partial charge in [-0.05, 0) is 24.1 Å². The van der Waals surface area contributed by atoms with Crippen molar-refractivity contribution in [2.24, 2.45) is 0 Å². The fraction of sp³-hybridized carbons (Fsp3) is 0.435. The molecule has 2 unspecified atom stereocenters. The maximum absolute atomic E-state index is 13.1. The van der Waals surface area contributed by atoms with E-state index in [-0.39, 0.29) is 23.6 Å². The molecule has 2 aromatic carbocycles. The quantitative estimate of drug-likeness (QED) is 0.887. The number of carbonyl (C=O) groups is 1. The Bertz CT molecular complexity index is 835. The molecule has 0 bridgehead atoms. The van der Waals surface area contributed by atoms with E-state index >= 15 is 0 Å². The Morgan fingerprint density at radius 2 is 1.64 bits per heavy atom. The number of aliphatic hydroxyl groups excluding tert-OH is 1. The Morgan fingerprint density at radius 3 is 2.36 bits per heavy atom. The Morgan fingerprint density at radius 1 is 0.964 bits per heavy atom. The number of hydrogen-bond acceptors (Lipinski definition) is 4. The molecule has 1 N–H and O–H groups in total. The van der Waals surface area contributed by atoms with Crippen molar-refractivity contribution in [3.63, 3.8) is 0 Å². The molecule has 5 rings (SSSR count). The van der Waals surface area contributed by atoms with E-state index in [9.17, 15) is 9.90 Å². The number of piperazine rings is 1. The van der Waals surface area contributed by atoms with Crippen LogP contribution in [0.2, 0.25) is 0 Å². The van der Waals surface area contributed by atoms with Crippen LogP contribution in [-0.4, -0.2) is 76.1 Å². The minimum atomic E-state index is -0.281. The molecule has 3 heterocycles. The summed E-state index contributed by atoms with van der Waals surface area (Å²) >= 11 is 0. The van der Waals surface area contributed by atoms with E-state index in [4.69, 9.17) is 0 Å². The minimum Gasteiger partial charge on any atom is -0.392 e. The molecule has 2 aromatic rings. The number of amides is 1. The van der Waals surface area contributed by atoms with Crippen molar-refractivity contribution >= 4 is 5.91 Å². The molecule has 5 nitrogen and oxygen atoms in total. The lowest BCUT2D eigenvalue weighted by Gasteiger charge is -2.61. The van der Waals surface area contributed by atoms with Crippen molar-refractivity contribution in [1.82, 2.24) is 14.7 Å². The fourth-order valence-electron chi connectivity index (χ4n) is 5.35. The van der Waals surface area contributed by atoms with Crippen molar-refractivity contribution in [2.45, 2.75) is 30.7 Å². The summed E-state index contributed by atoms with van der Waals surface area (Å²) in [6.07, 6.45) is 0.482. The molecule has 0 aromatic heterocycles. The third kappa shape index (κ3) is 3.13. The van der Waals surface area contributed by atoms with Crippen molar-refractivity contribution in [2.75, 3.05) is 32.7 Å². The first-order chi connectivity index (χ1) is 13.6. The Hall–Kier alpha value is -2.21. The van der Waals surface area contributed by atoms with E-state index in [1.807, 2.05) is 41.3 Å². The van der Waals surface area contributed by atoms with Gasteiger partial charge < -0.3 is 10.0 Å². The molecule has 2 atom stereocenters. The standard InChI is InChI=1S/C23H27N3O2/c27-21-11-20-13-25(22(28)19-9-5-2-6-10-19)17-23(26(20)14-21)15-24(16-23)12-18-7-3-1-4-8-18/h1-10,20-21,27H,11-17H2. The fourth-order valence-corrected chi connectivity index (χ4v) is 5.35. The first kappa shape index (κ1) is 17.9. The van der Waals surface area contributed by atoms with Crippen LogP contribution in [0.4, 0.5) is 0 Å². The van der Waals surface area contributed by atoms with E-state index in [0.29, 0.717) is 6.54 Å². The van der Waals surface area contributed by atoms with Crippen molar-refractivity contribution in [3.8, 4) is 0 Å². The van der Waals surface area contributed by atoms with Crippen LogP contribution in [0.25, 0.3) is 0 Å². The van der Waals surface area contributed by atoms with Gasteiger partial charge in [0.1, 0.15) is 0 Å². The smallest absolute Gasteiger partial charge is 0.253 e. The highest BCUT2D eigenvalue weighted by atomic mass is 16.3. The summed E-state index contributed by atoms with van der Waals surface area (Å²) in [7, 11) is 0. The Balaban J connectivity index is 1.34. The van der Waals surface area contributed by atoms with E-state index in [1.165, 1.54) is 5.56 Å². The van der Waals surface area contributed by atoms with Gasteiger partial charge in [0.25, 0.3) is 5.91 Å². The predicted octanol–water partition coefficient (Wildman–Crippen LogP) is 1.83. The molecule has 5 heteroatoms. The zero-order valence-electron chi connectivity index (χ0n) is 16.1. The van der Waals surface area contributed by atoms with E-state index in [1.54, 1.807) is 0 Å². The number of fused-ring (bicyclic) bond motifs is 2. The summed E-state index contributed by atoms with van der Waals surface area (Å²) in [6, 6.07) is 20.4. The second kappa shape index (κ2) is 6.99. The molecule has 3 aliphatic rings. The highest BCUT2D eigenvalue weighted by Gasteiger charge is 2.56. The number of benzene rings is 2. The van der Waals surface area contributed by atoms with Crippen LogP contribution in [0, 0.1) is 0 Å². The van der Waals surface area contributed by atoms with Crippen LogP contribution in [0.1, 0.15) is 22.3 Å². The number of hydrogen-bond donors (Lipinski definition) is 1. The first-order valence-electron chi connectivity index (χ1n) is 10.2. The van der Waals surface area contributed by atoms with Gasteiger partial charge in [0, 0.05) is 50.9 Å². The van der Waals surface area contributed by atoms with E-state index in [0.717, 1.165) is 44.7 Å². The molecular weight excluding hydrogens is 350 g/mol. The molecule has 1 spiro atoms. The molecular formula is C23H27N3O2. The van der Waals surface area contributed by atoms with Gasteiger partial charge in [-0.3, -0.25) is 14.6 Å². The van der Waals surface area contributed by atoms with E-state index < -0.39 is 0 Å². The number of likely N-dealkylation sites (tertiary alicyclic amines) is 1. The number of β-amino-alcohol motifs (C(OH)–C–C–N with tert-alkyl or cyclic N) is 1. The molecule has 146 valence electrons. The molecule has 0 aliphatic carbocycles. The van der Waals surface area contributed by atoms with Crippen molar-refractivity contribution < 1.29 is 9.90 Å². The average Bonchev–Trinajstić information content (AvgIpc) is 3.08. The van der Waals surface area contributed by atoms with Crippen LogP contribution >= 0.6 is 0 Å². The zero-order chi connectivity index (χ0) is 19.1. The maximum Gasteiger partial charge on any atom is 0.253 e. The lowest BCUT2D eigenvalue weighted by atomic mass is 9.83. The first-order valence-corrected chi connectivity index (χ1v) is 10.2. The van der Waals surface area contributed by atoms with Gasteiger partial charge in [-0.2, -0.15) is 0 Å². The lowest BCUT2D eigenvalue weighted by molar-refractivity contribution is -0.108. The summed E-state index contributed by atoms with van der Waals surface area (Å²) in [4.78, 5) is 20.1. The van der Waals surface area contributed by atoms with Crippen LogP contribution in [0.3, 0.4) is 0 Å². The van der Waals surface area contributed by atoms with Gasteiger partial charge in [-0.15, -0.1) is 0 Å². The van der Waals surface area contributed by atoms with E-state index in [2.05, 4.69) is 34.1 Å². The number of aliphatic hydroxyl groups is 1. The average molecular weight is 377 g/mol. The summed E-state index contributed by atoms with van der Waals surface area (Å²) in [5.41, 5.74) is 2.05. The number of nitrogens with zero attached hydrogens (tertiary/aromatic N) is 3. The molecule has 0 saturated carbocycles. The van der Waals surface area contributed by atoms with Gasteiger partial charge in [0.05, 0.1) is 11.6 Å². The monoisotopic (exact) mass is 377 g/mol. The van der Waals surface area contributed by atoms with Gasteiger partial charge in [-0.1, -0.05) is 48.5 Å². The molecule has 1 amide bonds. The second-order valence-corrected chi connectivity index (χ2v) is 8.60. The largest absolute Gasteiger partial charge is 0.392 e. The highest BCUT2D eigenvalue weighted by Crippen LogP contribution is 2.39. The van der Waals surface area contributed by atoms with Crippen LogP contribution in [0.15, 0.2) is 60.7 Å².